The van der Waals surface area contributed by atoms with Crippen molar-refractivity contribution in [2.45, 2.75) is 13.8 Å². The Morgan fingerprint density at radius 3 is 0.0743 bits per heavy atom. The number of rotatable bonds is 0. The van der Waals surface area contributed by atoms with E-state index < -0.39 is 0 Å². The van der Waals surface area contributed by atoms with Gasteiger partial charge in [-0.25, -0.2) is 0 Å². The van der Waals surface area contributed by atoms with Gasteiger partial charge in [-0.1, -0.05) is 11.8 Å². The summed E-state index contributed by atoms with van der Waals surface area (Å²) in [5.74, 6) is 366. The van der Waals surface area contributed by atoms with E-state index in [0.29, 0.717) is 0 Å². The summed E-state index contributed by atoms with van der Waals surface area (Å²) in [6.07, 6.45) is 0. The summed E-state index contributed by atoms with van der Waals surface area (Å²) in [6.45, 7) is 3.36. The summed E-state index contributed by atoms with van der Waals surface area (Å²) >= 11 is 0. The highest BCUT2D eigenvalue weighted by Gasteiger charge is 1.72. The zero-order chi connectivity index (χ0) is 105. The van der Waals surface area contributed by atoms with Crippen molar-refractivity contribution in [3.63, 3.8) is 0 Å². The van der Waals surface area contributed by atoms with Crippen LogP contribution in [-0.4, -0.2) is 0 Å². The molecule has 0 heteroatoms. The summed E-state index contributed by atoms with van der Waals surface area (Å²) < 4.78 is 0. The van der Waals surface area contributed by atoms with Gasteiger partial charge in [0, 0.05) is 758 Å². The fourth-order valence-electron chi connectivity index (χ4n) is 4.56. The molecule has 0 saturated heterocycles. The molecule has 0 heterocycles. The summed E-state index contributed by atoms with van der Waals surface area (Å²) in [6, 6.07) is 0. The van der Waals surface area contributed by atoms with Crippen LogP contribution in [0.4, 0.5) is 0 Å². The smallest absolute Gasteiger partial charge is 0 e. The van der Waals surface area contributed by atoms with Gasteiger partial charge in [-0.3, -0.25) is 0 Å². The van der Waals surface area contributed by atoms with Crippen molar-refractivity contribution in [2.75, 3.05) is 0 Å². The van der Waals surface area contributed by atoms with Gasteiger partial charge in [-0.15, -0.1) is 0 Å². The van der Waals surface area contributed by atoms with Crippen molar-refractivity contribution in [1.29, 1.82) is 0 Å². The Labute approximate surface area is 871 Å². The lowest BCUT2D eigenvalue weighted by molar-refractivity contribution is 1.92. The summed E-state index contributed by atoms with van der Waals surface area (Å²) in [7, 11) is 0. The fourth-order valence-corrected chi connectivity index (χ4v) is 4.56. The van der Waals surface area contributed by atoms with Gasteiger partial charge in [0.1, 0.15) is 0 Å². The SMILES string of the molecule is CC#CC#CC#CC#CC#CC#CC#CC#CC#CC#CC#CC#CC#CC#CC#CC#CC#CC#CC#CC#CC#CC#CC#CC#CC#CC#CC#CC#CC#CC#CC#CC#CC#CC#CC#CC#CC#CC#CC#CC#CC#CC#CC#CC#CC#CC#CC#CC#CC#CC#CC#CC#CC#CC#CC#CC#CC#CC#CC#CC#CC#CC#CC#CC#CC#CC#CC#CC#CC#CC#CC#CC#CC#CC. The molecule has 0 saturated carbocycles. The maximum atomic E-state index is 2.63. The Kier molecular flexibility index (Phi) is 89.9. The van der Waals surface area contributed by atoms with Gasteiger partial charge < -0.3 is 0 Å². The molecule has 0 aliphatic carbocycles. The molecule has 0 aliphatic rings. The molecular weight excluding hydrogens is 1780 g/mol. The van der Waals surface area contributed by atoms with Crippen molar-refractivity contribution in [2.24, 2.45) is 0 Å². The highest BCUT2D eigenvalue weighted by Crippen LogP contribution is 1.72. The van der Waals surface area contributed by atoms with Gasteiger partial charge >= 0.3 is 0 Å². The summed E-state index contributed by atoms with van der Waals surface area (Å²) in [4.78, 5) is 0. The first-order valence-corrected chi connectivity index (χ1v) is 37.2. The third-order valence-corrected chi connectivity index (χ3v) is 9.19. The largest absolute Gasteiger partial charge is 0.0925 e. The van der Waals surface area contributed by atoms with Crippen molar-refractivity contribution >= 4 is 0 Å². The minimum atomic E-state index is 1.68. The van der Waals surface area contributed by atoms with E-state index >= 15 is 0 Å². The van der Waals surface area contributed by atoms with E-state index in [1.165, 1.54) is 0 Å². The maximum absolute atomic E-state index is 2.63. The Morgan fingerprint density at radius 1 is 0.0338 bits per heavy atom. The molecule has 0 amide bonds. The Balaban J connectivity index is 4.66. The van der Waals surface area contributed by atoms with Crippen LogP contribution in [0, 0.1) is 864 Å². The second-order valence-corrected chi connectivity index (χ2v) is 18.5. The minimum absolute atomic E-state index is 1.68. The van der Waals surface area contributed by atoms with Crippen LogP contribution in [0.25, 0.3) is 0 Å². The van der Waals surface area contributed by atoms with Gasteiger partial charge in [0.05, 0.1) is 0 Å². The Morgan fingerprint density at radius 2 is 0.0541 bits per heavy atom. The fraction of sp³-hybridized carbons (Fsp3) is 0.0135. The molecule has 0 aliphatic heterocycles. The molecule has 598 valence electrons. The third-order valence-electron chi connectivity index (χ3n) is 9.19. The highest BCUT2D eigenvalue weighted by molar-refractivity contribution is 5.61. The van der Waals surface area contributed by atoms with Crippen LogP contribution in [0.3, 0.4) is 0 Å². The molecule has 0 rings (SSSR count). The minimum Gasteiger partial charge on any atom is -0.0925 e. The van der Waals surface area contributed by atoms with Crippen LogP contribution in [0.15, 0.2) is 0 Å². The standard InChI is InChI=1S/C148H6/c1-3-5-7-9-11-13-15-17-19-21-23-25-27-29-31-33-35-37-39-41-43-45-47-49-51-53-55-57-59-61-63-65-67-69-71-73-75-77-79-81-83-85-87-89-91-93-95-97-99-101-103-105-107-109-111-113-115-117-119-121-123-125-127-129-131-133-135-137-139-141-143-145-147-148-146-144-142-140-138-136-134-132-130-128-126-124-122-120-118-116-114-112-110-108-106-104-102-100-98-96-94-92-90-88-86-84-82-80-78-76-74-72-70-68-66-64-62-60-58-56-54-52-50-48-46-44-42-40-38-36-34-32-30-28-26-24-22-20-18-16-14-12-10-8-6-4-2/h1-2H3. The monoisotopic (exact) mass is 1780 g/mol. The molecular formula is C148H6. The Bertz CT molecular complexity index is 9670. The van der Waals surface area contributed by atoms with Gasteiger partial charge in [0.25, 0.3) is 0 Å². The zero-order valence-electron chi connectivity index (χ0n) is 75.0. The average molecular weight is 1780 g/mol. The maximum Gasteiger partial charge on any atom is 0 e. The van der Waals surface area contributed by atoms with E-state index in [1.54, 1.807) is 13.8 Å². The second kappa shape index (κ2) is 115. The van der Waals surface area contributed by atoms with Crippen LogP contribution < -0.4 is 0 Å². The van der Waals surface area contributed by atoms with Crippen molar-refractivity contribution < 1.29 is 0 Å². The summed E-state index contributed by atoms with van der Waals surface area (Å²) in [5.41, 5.74) is 0. The molecule has 0 fully saturated rings. The van der Waals surface area contributed by atoms with E-state index in [1.807, 2.05) is 0 Å². The van der Waals surface area contributed by atoms with Crippen LogP contribution in [-0.2, 0) is 0 Å². The molecule has 0 atom stereocenters. The predicted octanol–water partition coefficient (Wildman–Crippen LogP) is 1.27. The van der Waals surface area contributed by atoms with Crippen molar-refractivity contribution in [3.05, 3.63) is 0 Å². The lowest BCUT2D eigenvalue weighted by atomic mass is 10.4. The van der Waals surface area contributed by atoms with E-state index in [4.69, 9.17) is 0 Å². The quantitative estimate of drug-likeness (QED) is 0.322. The van der Waals surface area contributed by atoms with Crippen LogP contribution in [0.5, 0.6) is 0 Å². The number of hydrogen-bond donors (Lipinski definition) is 0. The van der Waals surface area contributed by atoms with Crippen LogP contribution in [0.1, 0.15) is 13.8 Å². The molecule has 0 unspecified atom stereocenters. The molecule has 0 spiro atoms. The first kappa shape index (κ1) is 116. The van der Waals surface area contributed by atoms with Crippen LogP contribution >= 0.6 is 0 Å². The van der Waals surface area contributed by atoms with Gasteiger partial charge in [0.15, 0.2) is 0 Å². The first-order chi connectivity index (χ1) is 73.9. The molecule has 0 radical (unpaired) electrons. The Hall–Kier alpha value is -32.1. The molecule has 0 N–H and O–H groups in total. The highest BCUT2D eigenvalue weighted by atomic mass is 13.7. The van der Waals surface area contributed by atoms with Gasteiger partial charge in [-0.05, 0) is 109 Å². The lowest BCUT2D eigenvalue weighted by Gasteiger charge is -1.58. The van der Waals surface area contributed by atoms with Crippen molar-refractivity contribution in [3.8, 4) is 864 Å². The molecule has 0 aromatic rings. The van der Waals surface area contributed by atoms with E-state index in [0.717, 1.165) is 0 Å². The van der Waals surface area contributed by atoms with E-state index in [9.17, 15) is 0 Å². The number of hydrogen-bond acceptors (Lipinski definition) is 0. The normalized spacial score (nSPS) is 3.99. The van der Waals surface area contributed by atoms with E-state index in [-0.39, 0.29) is 0 Å². The lowest BCUT2D eigenvalue weighted by Crippen LogP contribution is -1.57. The molecule has 0 nitrogen and oxygen atoms in total. The first-order valence-electron chi connectivity index (χ1n) is 37.2. The molecule has 0 bridgehead atoms. The molecule has 0 aromatic heterocycles. The topological polar surface area (TPSA) is 0 Å². The van der Waals surface area contributed by atoms with Crippen molar-refractivity contribution in [1.82, 2.24) is 0 Å². The molecule has 148 heavy (non-hydrogen) atoms. The second-order valence-electron chi connectivity index (χ2n) is 18.5. The average Bonchev–Trinajstić information content (AvgIpc) is 1.10. The zero-order valence-corrected chi connectivity index (χ0v) is 75.0. The third kappa shape index (κ3) is 114. The van der Waals surface area contributed by atoms with Crippen LogP contribution in [0.2, 0.25) is 0 Å². The predicted molar refractivity (Wildman–Crippen MR) is 579 cm³/mol. The van der Waals surface area contributed by atoms with Gasteiger partial charge in [-0.2, -0.15) is 0 Å². The summed E-state index contributed by atoms with van der Waals surface area (Å²) in [5, 5.41) is 0. The van der Waals surface area contributed by atoms with E-state index in [2.05, 4.69) is 864 Å². The molecule has 0 aromatic carbocycles. The van der Waals surface area contributed by atoms with Gasteiger partial charge in [0.2, 0.25) is 0 Å².